The molecule has 0 aromatic rings. The van der Waals surface area contributed by atoms with E-state index in [1.165, 1.54) is 198 Å². The van der Waals surface area contributed by atoms with Crippen LogP contribution < -0.4 is 0 Å². The highest BCUT2D eigenvalue weighted by molar-refractivity contribution is 8.01. The maximum atomic E-state index is 2.50. The summed E-state index contributed by atoms with van der Waals surface area (Å²) in [5, 5.41) is 0. The van der Waals surface area contributed by atoms with Crippen LogP contribution in [0.4, 0.5) is 0 Å². The molecule has 0 fully saturated rings. The minimum atomic E-state index is 1.33. The van der Waals surface area contributed by atoms with Crippen molar-refractivity contribution in [1.82, 2.24) is 0 Å². The Kier molecular flexibility index (Phi) is 34.7. The van der Waals surface area contributed by atoms with Crippen LogP contribution in [-0.2, 0) is 0 Å². The highest BCUT2D eigenvalue weighted by atomic mass is 32.2. The molecule has 0 aliphatic heterocycles. The fraction of sp³-hybridized carbons (Fsp3) is 0.971. The Morgan fingerprint density at radius 1 is 0.314 bits per heavy atom. The molecule has 211 valence electrons. The quantitative estimate of drug-likeness (QED) is 0.0812. The zero-order chi connectivity index (χ0) is 25.3. The van der Waals surface area contributed by atoms with Gasteiger partial charge in [-0.25, -0.2) is 0 Å². The van der Waals surface area contributed by atoms with Gasteiger partial charge in [0.05, 0.1) is 0 Å². The third kappa shape index (κ3) is 34.4. The minimum Gasteiger partial charge on any atom is -0.157 e. The topological polar surface area (TPSA) is 0 Å². The number of hydrogen-bond acceptors (Lipinski definition) is 1. The molecule has 1 radical (unpaired) electrons. The van der Waals surface area contributed by atoms with Crippen LogP contribution >= 0.6 is 11.8 Å². The SMILES string of the molecule is CCCCCCCCCCCCCCCCCCC[CH]SCCCCCCCCCCCCCC. The Morgan fingerprint density at radius 2 is 0.571 bits per heavy atom. The van der Waals surface area contributed by atoms with Crippen molar-refractivity contribution in [1.29, 1.82) is 0 Å². The van der Waals surface area contributed by atoms with Crippen LogP contribution in [-0.4, -0.2) is 5.75 Å². The standard InChI is InChI=1S/C34H69S/c1-3-5-7-9-11-13-15-17-18-19-20-21-22-24-26-28-30-32-34-35-33-31-29-27-25-23-16-14-12-10-8-6-4-2/h34H,3-33H2,1-2H3. The van der Waals surface area contributed by atoms with Gasteiger partial charge in [-0.1, -0.05) is 194 Å². The predicted octanol–water partition coefficient (Wildman–Crippen LogP) is 13.6. The van der Waals surface area contributed by atoms with Crippen LogP contribution in [0.3, 0.4) is 0 Å². The normalized spacial score (nSPS) is 11.5. The summed E-state index contributed by atoms with van der Waals surface area (Å²) >= 11 is 2.10. The average molecular weight is 510 g/mol. The van der Waals surface area contributed by atoms with E-state index < -0.39 is 0 Å². The van der Waals surface area contributed by atoms with E-state index in [0.29, 0.717) is 0 Å². The molecule has 0 rings (SSSR count). The smallest absolute Gasteiger partial charge is 0.0166 e. The fourth-order valence-electron chi connectivity index (χ4n) is 5.15. The Bertz CT molecular complexity index is 307. The highest BCUT2D eigenvalue weighted by Gasteiger charge is 1.97. The number of hydrogen-bond donors (Lipinski definition) is 0. The summed E-state index contributed by atoms with van der Waals surface area (Å²) in [6.07, 6.45) is 43.8. The molecule has 0 amide bonds. The number of thioether (sulfide) groups is 1. The molecular formula is C34H69S. The molecule has 0 aromatic carbocycles. The lowest BCUT2D eigenvalue weighted by atomic mass is 10.0. The van der Waals surface area contributed by atoms with Crippen LogP contribution in [0.5, 0.6) is 0 Å². The Hall–Kier alpha value is 0.350. The van der Waals surface area contributed by atoms with Gasteiger partial charge in [-0.15, -0.1) is 0 Å². The molecule has 0 heterocycles. The second kappa shape index (κ2) is 34.4. The van der Waals surface area contributed by atoms with Crippen molar-refractivity contribution in [3.8, 4) is 0 Å². The van der Waals surface area contributed by atoms with Crippen molar-refractivity contribution in [2.75, 3.05) is 5.75 Å². The van der Waals surface area contributed by atoms with Gasteiger partial charge >= 0.3 is 0 Å². The summed E-state index contributed by atoms with van der Waals surface area (Å²) in [7, 11) is 0. The van der Waals surface area contributed by atoms with Crippen LogP contribution in [0, 0.1) is 5.75 Å². The zero-order valence-electron chi connectivity index (χ0n) is 24.9. The van der Waals surface area contributed by atoms with Gasteiger partial charge in [-0.2, -0.15) is 11.8 Å². The van der Waals surface area contributed by atoms with Gasteiger partial charge in [0.25, 0.3) is 0 Å². The minimum absolute atomic E-state index is 1.33. The van der Waals surface area contributed by atoms with Gasteiger partial charge in [0, 0.05) is 5.75 Å². The van der Waals surface area contributed by atoms with Crippen LogP contribution in [0.15, 0.2) is 0 Å². The zero-order valence-corrected chi connectivity index (χ0v) is 25.7. The summed E-state index contributed by atoms with van der Waals surface area (Å²) in [4.78, 5) is 0. The monoisotopic (exact) mass is 510 g/mol. The van der Waals surface area contributed by atoms with E-state index in [4.69, 9.17) is 0 Å². The van der Waals surface area contributed by atoms with E-state index in [0.717, 1.165) is 0 Å². The fourth-order valence-corrected chi connectivity index (χ4v) is 6.02. The van der Waals surface area contributed by atoms with E-state index >= 15 is 0 Å². The largest absolute Gasteiger partial charge is 0.157 e. The van der Waals surface area contributed by atoms with E-state index in [1.807, 2.05) is 0 Å². The Morgan fingerprint density at radius 3 is 0.886 bits per heavy atom. The first-order valence-electron chi connectivity index (χ1n) is 16.8. The second-order valence-corrected chi connectivity index (χ2v) is 12.4. The summed E-state index contributed by atoms with van der Waals surface area (Å²) in [6, 6.07) is 0. The third-order valence-corrected chi connectivity index (χ3v) is 8.65. The molecule has 0 aromatic heterocycles. The first kappa shape index (κ1) is 35.4. The van der Waals surface area contributed by atoms with Crippen molar-refractivity contribution in [2.45, 2.75) is 206 Å². The molecule has 0 saturated heterocycles. The first-order chi connectivity index (χ1) is 17.4. The lowest BCUT2D eigenvalue weighted by molar-refractivity contribution is 0.527. The Labute approximate surface area is 229 Å². The lowest BCUT2D eigenvalue weighted by Gasteiger charge is -2.04. The van der Waals surface area contributed by atoms with E-state index in [9.17, 15) is 0 Å². The predicted molar refractivity (Wildman–Crippen MR) is 167 cm³/mol. The summed E-state index contributed by atoms with van der Waals surface area (Å²) in [5.41, 5.74) is 0. The van der Waals surface area contributed by atoms with Gasteiger partial charge in [-0.3, -0.25) is 0 Å². The van der Waals surface area contributed by atoms with E-state index in [-0.39, 0.29) is 0 Å². The first-order valence-corrected chi connectivity index (χ1v) is 17.9. The van der Waals surface area contributed by atoms with Crippen molar-refractivity contribution < 1.29 is 0 Å². The number of unbranched alkanes of at least 4 members (excludes halogenated alkanes) is 28. The molecule has 0 bridgehead atoms. The molecule has 0 aliphatic rings. The van der Waals surface area contributed by atoms with Crippen LogP contribution in [0.1, 0.15) is 206 Å². The van der Waals surface area contributed by atoms with Crippen LogP contribution in [0.2, 0.25) is 0 Å². The maximum absolute atomic E-state index is 2.50. The van der Waals surface area contributed by atoms with Crippen molar-refractivity contribution in [3.05, 3.63) is 5.75 Å². The second-order valence-electron chi connectivity index (χ2n) is 11.4. The molecule has 0 saturated carbocycles. The summed E-state index contributed by atoms with van der Waals surface area (Å²) in [5.74, 6) is 3.86. The van der Waals surface area contributed by atoms with Gasteiger partial charge in [-0.05, 0) is 18.6 Å². The van der Waals surface area contributed by atoms with Gasteiger partial charge in [0.1, 0.15) is 0 Å². The third-order valence-electron chi connectivity index (χ3n) is 7.66. The molecule has 0 spiro atoms. The number of rotatable bonds is 32. The van der Waals surface area contributed by atoms with E-state index in [2.05, 4.69) is 31.4 Å². The Balaban J connectivity index is 3.00. The highest BCUT2D eigenvalue weighted by Crippen LogP contribution is 2.18. The molecule has 0 N–H and O–H groups in total. The van der Waals surface area contributed by atoms with Gasteiger partial charge in [0.15, 0.2) is 0 Å². The van der Waals surface area contributed by atoms with Crippen molar-refractivity contribution in [3.63, 3.8) is 0 Å². The molecular weight excluding hydrogens is 440 g/mol. The molecule has 0 aliphatic carbocycles. The lowest BCUT2D eigenvalue weighted by Crippen LogP contribution is -1.85. The molecule has 1 heteroatoms. The molecule has 35 heavy (non-hydrogen) atoms. The van der Waals surface area contributed by atoms with Gasteiger partial charge < -0.3 is 0 Å². The maximum Gasteiger partial charge on any atom is 0.0166 e. The molecule has 0 atom stereocenters. The van der Waals surface area contributed by atoms with Crippen LogP contribution in [0.25, 0.3) is 0 Å². The van der Waals surface area contributed by atoms with Crippen molar-refractivity contribution in [2.24, 2.45) is 0 Å². The van der Waals surface area contributed by atoms with Gasteiger partial charge in [0.2, 0.25) is 0 Å². The average Bonchev–Trinajstić information content (AvgIpc) is 2.87. The molecule has 0 nitrogen and oxygen atoms in total. The molecule has 0 unspecified atom stereocenters. The van der Waals surface area contributed by atoms with Crippen molar-refractivity contribution >= 4 is 11.8 Å². The van der Waals surface area contributed by atoms with E-state index in [1.54, 1.807) is 0 Å². The summed E-state index contributed by atoms with van der Waals surface area (Å²) < 4.78 is 0. The summed E-state index contributed by atoms with van der Waals surface area (Å²) in [6.45, 7) is 4.61.